The average molecular weight is 680 g/mol. The standard InChI is InChI=1S/C21H48N4.4BrH/c1-5-7-17-25-21(4)14-19-23-16-12-10-8-9-11-15-22-18-13-20(3)24-6-2;;;;/h20-25H,5-19H2,1-4H3;4*1H. The second-order valence-electron chi connectivity index (χ2n) is 7.51. The van der Waals surface area contributed by atoms with Crippen LogP contribution >= 0.6 is 67.9 Å². The van der Waals surface area contributed by atoms with E-state index in [1.54, 1.807) is 0 Å². The SMILES string of the molecule is Br.Br.Br.Br.CCCCNC(C)CCNCCCCCCCNCCC(C)NCC. The van der Waals surface area contributed by atoms with Gasteiger partial charge in [-0.2, -0.15) is 0 Å². The van der Waals surface area contributed by atoms with Gasteiger partial charge in [0.2, 0.25) is 0 Å². The molecule has 0 aliphatic heterocycles. The van der Waals surface area contributed by atoms with Crippen molar-refractivity contribution in [3.8, 4) is 0 Å². The summed E-state index contributed by atoms with van der Waals surface area (Å²) < 4.78 is 0. The molecular formula is C21H52Br4N4. The largest absolute Gasteiger partial charge is 0.317 e. The van der Waals surface area contributed by atoms with E-state index in [-0.39, 0.29) is 67.9 Å². The Kier molecular flexibility index (Phi) is 48.7. The van der Waals surface area contributed by atoms with Gasteiger partial charge in [-0.05, 0) is 85.2 Å². The van der Waals surface area contributed by atoms with Crippen molar-refractivity contribution in [3.05, 3.63) is 0 Å². The molecule has 0 saturated carbocycles. The molecule has 184 valence electrons. The van der Waals surface area contributed by atoms with Crippen molar-refractivity contribution < 1.29 is 0 Å². The molecule has 0 aliphatic rings. The van der Waals surface area contributed by atoms with E-state index in [2.05, 4.69) is 49.0 Å². The summed E-state index contributed by atoms with van der Waals surface area (Å²) in [4.78, 5) is 0. The van der Waals surface area contributed by atoms with Crippen molar-refractivity contribution in [2.75, 3.05) is 39.3 Å². The van der Waals surface area contributed by atoms with Crippen LogP contribution in [-0.2, 0) is 0 Å². The van der Waals surface area contributed by atoms with E-state index in [1.165, 1.54) is 77.4 Å². The summed E-state index contributed by atoms with van der Waals surface area (Å²) in [6, 6.07) is 1.28. The van der Waals surface area contributed by atoms with Gasteiger partial charge in [-0.1, -0.05) is 39.5 Å². The lowest BCUT2D eigenvalue weighted by Crippen LogP contribution is -2.31. The number of hydrogen-bond donors (Lipinski definition) is 4. The minimum atomic E-state index is 0. The minimum absolute atomic E-state index is 0. The molecule has 0 aromatic carbocycles. The monoisotopic (exact) mass is 676 g/mol. The Labute approximate surface area is 224 Å². The van der Waals surface area contributed by atoms with Crippen LogP contribution in [0.3, 0.4) is 0 Å². The third-order valence-corrected chi connectivity index (χ3v) is 4.79. The molecule has 4 nitrogen and oxygen atoms in total. The highest BCUT2D eigenvalue weighted by molar-refractivity contribution is 8.93. The molecule has 0 aromatic heterocycles. The molecule has 0 heterocycles. The number of hydrogen-bond acceptors (Lipinski definition) is 4. The molecule has 29 heavy (non-hydrogen) atoms. The van der Waals surface area contributed by atoms with Crippen molar-refractivity contribution >= 4 is 67.9 Å². The van der Waals surface area contributed by atoms with Crippen LogP contribution in [0.25, 0.3) is 0 Å². The van der Waals surface area contributed by atoms with Gasteiger partial charge in [-0.3, -0.25) is 0 Å². The van der Waals surface area contributed by atoms with Crippen molar-refractivity contribution in [3.63, 3.8) is 0 Å². The smallest absolute Gasteiger partial charge is 0.00508 e. The summed E-state index contributed by atoms with van der Waals surface area (Å²) in [5, 5.41) is 14.2. The van der Waals surface area contributed by atoms with Crippen LogP contribution in [0.4, 0.5) is 0 Å². The highest BCUT2D eigenvalue weighted by Gasteiger charge is 2.00. The van der Waals surface area contributed by atoms with E-state index in [0.29, 0.717) is 12.1 Å². The Morgan fingerprint density at radius 3 is 1.41 bits per heavy atom. The summed E-state index contributed by atoms with van der Waals surface area (Å²) in [5.41, 5.74) is 0. The van der Waals surface area contributed by atoms with E-state index in [1.807, 2.05) is 0 Å². The van der Waals surface area contributed by atoms with E-state index in [9.17, 15) is 0 Å². The third-order valence-electron chi connectivity index (χ3n) is 4.79. The summed E-state index contributed by atoms with van der Waals surface area (Å²) in [5.74, 6) is 0. The Balaban J connectivity index is -0.000000480. The first-order valence-corrected chi connectivity index (χ1v) is 11.1. The fraction of sp³-hybridized carbons (Fsp3) is 1.00. The molecule has 0 rings (SSSR count). The van der Waals surface area contributed by atoms with Crippen molar-refractivity contribution in [1.82, 2.24) is 21.3 Å². The van der Waals surface area contributed by atoms with E-state index < -0.39 is 0 Å². The summed E-state index contributed by atoms with van der Waals surface area (Å²) in [7, 11) is 0. The first-order valence-electron chi connectivity index (χ1n) is 11.1. The van der Waals surface area contributed by atoms with Crippen LogP contribution < -0.4 is 21.3 Å². The molecule has 4 N–H and O–H groups in total. The quantitative estimate of drug-likeness (QED) is 0.120. The lowest BCUT2D eigenvalue weighted by molar-refractivity contribution is 0.477. The van der Waals surface area contributed by atoms with Gasteiger partial charge < -0.3 is 21.3 Å². The third kappa shape index (κ3) is 34.6. The van der Waals surface area contributed by atoms with Crippen LogP contribution in [0.5, 0.6) is 0 Å². The summed E-state index contributed by atoms with van der Waals surface area (Å²) in [6.45, 7) is 15.9. The Hall–Kier alpha value is 1.76. The van der Waals surface area contributed by atoms with Crippen molar-refractivity contribution in [2.24, 2.45) is 0 Å². The molecule has 0 aliphatic carbocycles. The van der Waals surface area contributed by atoms with Crippen LogP contribution in [0.1, 0.15) is 85.5 Å². The predicted octanol–water partition coefficient (Wildman–Crippen LogP) is 5.98. The molecule has 0 aromatic rings. The number of nitrogens with one attached hydrogen (secondary N) is 4. The first kappa shape index (κ1) is 41.1. The highest BCUT2D eigenvalue weighted by Crippen LogP contribution is 2.02. The fourth-order valence-corrected chi connectivity index (χ4v) is 3.00. The second-order valence-corrected chi connectivity index (χ2v) is 7.51. The number of halogens is 4. The van der Waals surface area contributed by atoms with Gasteiger partial charge >= 0.3 is 0 Å². The van der Waals surface area contributed by atoms with Crippen LogP contribution in [0, 0.1) is 0 Å². The Morgan fingerprint density at radius 2 is 0.966 bits per heavy atom. The molecule has 8 heteroatoms. The fourth-order valence-electron chi connectivity index (χ4n) is 3.00. The van der Waals surface area contributed by atoms with Gasteiger partial charge in [-0.15, -0.1) is 67.9 Å². The zero-order valence-electron chi connectivity index (χ0n) is 19.4. The van der Waals surface area contributed by atoms with Gasteiger partial charge in [0.15, 0.2) is 0 Å². The average Bonchev–Trinajstić information content (AvgIpc) is 2.59. The first-order chi connectivity index (χ1) is 12.2. The van der Waals surface area contributed by atoms with Crippen LogP contribution in [0.15, 0.2) is 0 Å². The molecule has 0 bridgehead atoms. The van der Waals surface area contributed by atoms with E-state index in [0.717, 1.165) is 19.6 Å². The molecule has 0 amide bonds. The second kappa shape index (κ2) is 34.4. The number of unbranched alkanes of at least 4 members (excludes halogenated alkanes) is 5. The zero-order valence-corrected chi connectivity index (χ0v) is 26.2. The highest BCUT2D eigenvalue weighted by atomic mass is 79.9. The topological polar surface area (TPSA) is 48.1 Å². The van der Waals surface area contributed by atoms with E-state index in [4.69, 9.17) is 0 Å². The molecule has 0 fully saturated rings. The lowest BCUT2D eigenvalue weighted by atomic mass is 10.1. The van der Waals surface area contributed by atoms with Crippen LogP contribution in [0.2, 0.25) is 0 Å². The molecule has 2 unspecified atom stereocenters. The van der Waals surface area contributed by atoms with Gasteiger partial charge in [0, 0.05) is 12.1 Å². The number of rotatable bonds is 20. The molecular weight excluding hydrogens is 628 g/mol. The molecule has 2 atom stereocenters. The maximum absolute atomic E-state index is 3.59. The maximum atomic E-state index is 3.59. The van der Waals surface area contributed by atoms with Gasteiger partial charge in [0.25, 0.3) is 0 Å². The summed E-state index contributed by atoms with van der Waals surface area (Å²) in [6.07, 6.45) is 11.8. The molecule has 0 spiro atoms. The van der Waals surface area contributed by atoms with Gasteiger partial charge in [0.1, 0.15) is 0 Å². The van der Waals surface area contributed by atoms with E-state index >= 15 is 0 Å². The maximum Gasteiger partial charge on any atom is 0.00508 e. The Bertz CT molecular complexity index is 265. The van der Waals surface area contributed by atoms with Crippen LogP contribution in [-0.4, -0.2) is 51.4 Å². The van der Waals surface area contributed by atoms with Crippen molar-refractivity contribution in [2.45, 2.75) is 97.6 Å². The molecule has 0 saturated heterocycles. The van der Waals surface area contributed by atoms with Gasteiger partial charge in [-0.25, -0.2) is 0 Å². The zero-order chi connectivity index (χ0) is 18.6. The summed E-state index contributed by atoms with van der Waals surface area (Å²) >= 11 is 0. The predicted molar refractivity (Wildman–Crippen MR) is 155 cm³/mol. The normalized spacial score (nSPS) is 12.0. The minimum Gasteiger partial charge on any atom is -0.317 e. The van der Waals surface area contributed by atoms with Crippen molar-refractivity contribution in [1.29, 1.82) is 0 Å². The lowest BCUT2D eigenvalue weighted by Gasteiger charge is -2.13. The van der Waals surface area contributed by atoms with Gasteiger partial charge in [0.05, 0.1) is 0 Å². The molecule has 0 radical (unpaired) electrons. The Morgan fingerprint density at radius 1 is 0.517 bits per heavy atom.